The molecule has 7 nitrogen and oxygen atoms in total. The number of nitrogens with zero attached hydrogens (tertiary/aromatic N) is 1. The van der Waals surface area contributed by atoms with E-state index in [1.165, 1.54) is 12.8 Å². The van der Waals surface area contributed by atoms with Crippen LogP contribution in [0.2, 0.25) is 0 Å². The van der Waals surface area contributed by atoms with Gasteiger partial charge in [-0.05, 0) is 158 Å². The molecule has 4 unspecified atom stereocenters. The van der Waals surface area contributed by atoms with Crippen molar-refractivity contribution in [3.63, 3.8) is 0 Å². The van der Waals surface area contributed by atoms with E-state index in [1.807, 2.05) is 13.8 Å². The van der Waals surface area contributed by atoms with Crippen molar-refractivity contribution in [3.05, 3.63) is 0 Å². The van der Waals surface area contributed by atoms with Gasteiger partial charge in [0.25, 0.3) is 0 Å². The fourth-order valence-corrected chi connectivity index (χ4v) is 10.3. The summed E-state index contributed by atoms with van der Waals surface area (Å²) in [6.45, 7) is 14.8. The van der Waals surface area contributed by atoms with Crippen LogP contribution >= 0.6 is 0 Å². The van der Waals surface area contributed by atoms with Gasteiger partial charge in [-0.25, -0.2) is 0 Å². The maximum atomic E-state index is 12.2. The monoisotopic (exact) mass is 577 g/mol. The first-order valence-electron chi connectivity index (χ1n) is 17.1. The number of aliphatic hydroxyl groups excluding tert-OH is 2. The van der Waals surface area contributed by atoms with Gasteiger partial charge in [-0.2, -0.15) is 0 Å². The summed E-state index contributed by atoms with van der Waals surface area (Å²) in [4.78, 5) is 14.6. The van der Waals surface area contributed by atoms with Gasteiger partial charge in [0.05, 0.1) is 18.3 Å². The molecule has 5 N–H and O–H groups in total. The summed E-state index contributed by atoms with van der Waals surface area (Å²) >= 11 is 0. The third-order valence-electron chi connectivity index (χ3n) is 12.6. The number of carbonyl (C=O) groups excluding carboxylic acids is 1. The lowest BCUT2D eigenvalue weighted by molar-refractivity contribution is -0.202. The van der Waals surface area contributed by atoms with Crippen LogP contribution in [-0.2, 0) is 9.53 Å². The molecule has 0 aromatic rings. The van der Waals surface area contributed by atoms with Crippen LogP contribution in [0, 0.1) is 46.3 Å². The molecule has 0 saturated heterocycles. The first kappa shape index (κ1) is 33.2. The van der Waals surface area contributed by atoms with Gasteiger partial charge >= 0.3 is 5.97 Å². The van der Waals surface area contributed by atoms with Crippen LogP contribution in [0.15, 0.2) is 0 Å². The second-order valence-corrected chi connectivity index (χ2v) is 15.4. The summed E-state index contributed by atoms with van der Waals surface area (Å²) in [7, 11) is 2.18. The van der Waals surface area contributed by atoms with Crippen molar-refractivity contribution in [2.75, 3.05) is 33.2 Å². The number of carbonyl (C=O) groups is 1. The highest BCUT2D eigenvalue weighted by atomic mass is 16.5. The fourth-order valence-electron chi connectivity index (χ4n) is 10.3. The molecule has 0 radical (unpaired) electrons. The van der Waals surface area contributed by atoms with Crippen LogP contribution in [0.25, 0.3) is 0 Å². The average molecular weight is 578 g/mol. The molecule has 4 aliphatic carbocycles. The summed E-state index contributed by atoms with van der Waals surface area (Å²) in [6, 6.07) is 0.532. The Hall–Kier alpha value is -0.730. The number of nitrogens with two attached hydrogens (primary N) is 1. The van der Waals surface area contributed by atoms with Crippen LogP contribution in [0.1, 0.15) is 105 Å². The SMILES string of the molecule is CC(C)OC(=O)CC[C@@H](C)[C@H]1CCC2C3C(C[C@H](O)[C@@]21C)[C@@]1(C)CC[C@H](NCCCN(C)CCCN)CC1C[C@H]3O. The molecular weight excluding hydrogens is 514 g/mol. The summed E-state index contributed by atoms with van der Waals surface area (Å²) in [5.74, 6) is 2.14. The van der Waals surface area contributed by atoms with E-state index < -0.39 is 0 Å². The summed E-state index contributed by atoms with van der Waals surface area (Å²) in [5, 5.41) is 27.5. The predicted octanol–water partition coefficient (Wildman–Crippen LogP) is 4.58. The highest BCUT2D eigenvalue weighted by Crippen LogP contribution is 2.68. The molecule has 4 aliphatic rings. The second-order valence-electron chi connectivity index (χ2n) is 15.4. The van der Waals surface area contributed by atoms with Gasteiger partial charge in [0.2, 0.25) is 0 Å². The molecule has 41 heavy (non-hydrogen) atoms. The molecule has 0 aliphatic heterocycles. The smallest absolute Gasteiger partial charge is 0.306 e. The molecule has 0 amide bonds. The summed E-state index contributed by atoms with van der Waals surface area (Å²) in [5.41, 5.74) is 5.65. The number of ether oxygens (including phenoxy) is 1. The van der Waals surface area contributed by atoms with Crippen molar-refractivity contribution in [1.82, 2.24) is 10.2 Å². The van der Waals surface area contributed by atoms with Crippen molar-refractivity contribution in [1.29, 1.82) is 0 Å². The largest absolute Gasteiger partial charge is 0.463 e. The van der Waals surface area contributed by atoms with Crippen LogP contribution in [0.3, 0.4) is 0 Å². The molecule has 238 valence electrons. The van der Waals surface area contributed by atoms with Crippen molar-refractivity contribution in [2.45, 2.75) is 130 Å². The average Bonchev–Trinajstić information content (AvgIpc) is 3.27. The molecule has 4 rings (SSSR count). The van der Waals surface area contributed by atoms with E-state index in [0.717, 1.165) is 77.5 Å². The number of fused-ring (bicyclic) bond motifs is 5. The van der Waals surface area contributed by atoms with Crippen molar-refractivity contribution in [2.24, 2.45) is 52.1 Å². The quantitative estimate of drug-likeness (QED) is 0.187. The standard InChI is InChI=1S/C34H63N3O4/c1-22(2)41-31(40)12-9-23(3)26-10-11-27-32-28(21-30(39)34(26,27)5)33(4)14-13-25(19-24(33)20-29(32)38)36-16-8-18-37(6)17-7-15-35/h22-30,32,36,38-39H,7-21,35H2,1-6H3/t23-,24?,25+,26-,27?,28?,29-,30+,32?,33+,34-/m1/s1. The molecule has 0 aromatic carbocycles. The summed E-state index contributed by atoms with van der Waals surface area (Å²) < 4.78 is 5.39. The lowest BCUT2D eigenvalue weighted by atomic mass is 9.43. The minimum Gasteiger partial charge on any atom is -0.463 e. The molecule has 7 heteroatoms. The molecule has 0 bridgehead atoms. The van der Waals surface area contributed by atoms with Gasteiger partial charge < -0.3 is 30.9 Å². The van der Waals surface area contributed by atoms with Gasteiger partial charge in [-0.15, -0.1) is 0 Å². The number of hydrogen-bond donors (Lipinski definition) is 4. The number of hydrogen-bond acceptors (Lipinski definition) is 7. The Morgan fingerprint density at radius 2 is 1.78 bits per heavy atom. The molecule has 0 spiro atoms. The third kappa shape index (κ3) is 7.00. The van der Waals surface area contributed by atoms with E-state index >= 15 is 0 Å². The number of esters is 1. The number of nitrogens with one attached hydrogen (secondary N) is 1. The Kier molecular flexibility index (Phi) is 11.3. The maximum Gasteiger partial charge on any atom is 0.306 e. The van der Waals surface area contributed by atoms with Gasteiger partial charge in [-0.3, -0.25) is 4.79 Å². The van der Waals surface area contributed by atoms with Crippen LogP contribution in [0.5, 0.6) is 0 Å². The van der Waals surface area contributed by atoms with Crippen LogP contribution in [-0.4, -0.2) is 78.7 Å². The van der Waals surface area contributed by atoms with E-state index in [2.05, 4.69) is 38.0 Å². The van der Waals surface area contributed by atoms with Crippen LogP contribution in [0.4, 0.5) is 0 Å². The van der Waals surface area contributed by atoms with Gasteiger partial charge in [-0.1, -0.05) is 20.8 Å². The molecule has 0 heterocycles. The first-order chi connectivity index (χ1) is 19.4. The highest BCUT2D eigenvalue weighted by Gasteiger charge is 2.65. The maximum absolute atomic E-state index is 12.2. The van der Waals surface area contributed by atoms with E-state index in [9.17, 15) is 15.0 Å². The normalized spacial score (nSPS) is 41.1. The van der Waals surface area contributed by atoms with Crippen LogP contribution < -0.4 is 11.1 Å². The van der Waals surface area contributed by atoms with E-state index in [0.29, 0.717) is 42.1 Å². The Morgan fingerprint density at radius 3 is 2.49 bits per heavy atom. The zero-order chi connectivity index (χ0) is 29.9. The van der Waals surface area contributed by atoms with Gasteiger partial charge in [0.15, 0.2) is 0 Å². The minimum atomic E-state index is -0.346. The first-order valence-corrected chi connectivity index (χ1v) is 17.1. The Bertz CT molecular complexity index is 856. The third-order valence-corrected chi connectivity index (χ3v) is 12.6. The fraction of sp³-hybridized carbons (Fsp3) is 0.971. The zero-order valence-electron chi connectivity index (χ0n) is 27.1. The van der Waals surface area contributed by atoms with E-state index in [4.69, 9.17) is 10.5 Å². The Balaban J connectivity index is 1.36. The Morgan fingerprint density at radius 1 is 1.05 bits per heavy atom. The summed E-state index contributed by atoms with van der Waals surface area (Å²) in [6.07, 6.45) is 10.2. The molecule has 0 aromatic heterocycles. The van der Waals surface area contributed by atoms with Crippen molar-refractivity contribution in [3.8, 4) is 0 Å². The molecule has 4 fully saturated rings. The van der Waals surface area contributed by atoms with Crippen molar-refractivity contribution < 1.29 is 19.7 Å². The van der Waals surface area contributed by atoms with Gasteiger partial charge in [0.1, 0.15) is 0 Å². The number of rotatable bonds is 13. The van der Waals surface area contributed by atoms with Crippen molar-refractivity contribution >= 4 is 5.97 Å². The topological polar surface area (TPSA) is 108 Å². The highest BCUT2D eigenvalue weighted by molar-refractivity contribution is 5.69. The molecular formula is C34H63N3O4. The lowest BCUT2D eigenvalue weighted by Crippen LogP contribution is -2.62. The molecule has 4 saturated carbocycles. The molecule has 11 atom stereocenters. The zero-order valence-corrected chi connectivity index (χ0v) is 27.1. The minimum absolute atomic E-state index is 0.0781. The lowest BCUT2D eigenvalue weighted by Gasteiger charge is -2.63. The van der Waals surface area contributed by atoms with E-state index in [1.54, 1.807) is 0 Å². The Labute approximate surface area is 250 Å². The predicted molar refractivity (Wildman–Crippen MR) is 165 cm³/mol. The van der Waals surface area contributed by atoms with Gasteiger partial charge in [0, 0.05) is 12.5 Å². The second kappa shape index (κ2) is 13.9. The van der Waals surface area contributed by atoms with E-state index in [-0.39, 0.29) is 41.0 Å². The number of aliphatic hydroxyl groups is 2.